The largest absolute Gasteiger partial charge is 0.444 e. The maximum absolute atomic E-state index is 12.1. The third kappa shape index (κ3) is 4.13. The molecule has 1 saturated carbocycles. The van der Waals surface area contributed by atoms with Crippen molar-refractivity contribution in [3.63, 3.8) is 0 Å². The van der Waals surface area contributed by atoms with E-state index in [1.165, 1.54) is 0 Å². The van der Waals surface area contributed by atoms with Crippen molar-refractivity contribution in [3.05, 3.63) is 0 Å². The average molecular weight is 312 g/mol. The van der Waals surface area contributed by atoms with Crippen LogP contribution < -0.4 is 10.6 Å². The molecule has 0 spiro atoms. The highest BCUT2D eigenvalue weighted by molar-refractivity contribution is 5.68. The first-order valence-corrected chi connectivity index (χ1v) is 8.56. The van der Waals surface area contributed by atoms with Crippen LogP contribution in [0.15, 0.2) is 0 Å². The third-order valence-corrected chi connectivity index (χ3v) is 4.75. The van der Waals surface area contributed by atoms with E-state index in [2.05, 4.69) is 31.4 Å². The van der Waals surface area contributed by atoms with E-state index in [0.29, 0.717) is 17.9 Å². The molecule has 1 aliphatic carbocycles. The average Bonchev–Trinajstić information content (AvgIpc) is 2.40. The molecule has 2 rings (SSSR count). The van der Waals surface area contributed by atoms with Gasteiger partial charge >= 0.3 is 6.09 Å². The Morgan fingerprint density at radius 3 is 2.50 bits per heavy atom. The fourth-order valence-electron chi connectivity index (χ4n) is 3.24. The van der Waals surface area contributed by atoms with Gasteiger partial charge in [0.2, 0.25) is 0 Å². The van der Waals surface area contributed by atoms with Gasteiger partial charge in [-0.05, 0) is 46.5 Å². The monoisotopic (exact) mass is 312 g/mol. The number of carbonyl (C=O) groups excluding carboxylic acids is 1. The Bertz CT molecular complexity index is 392. The summed E-state index contributed by atoms with van der Waals surface area (Å²) in [5.74, 6) is 0.947. The van der Waals surface area contributed by atoms with Crippen LogP contribution in [-0.2, 0) is 9.47 Å². The lowest BCUT2D eigenvalue weighted by molar-refractivity contribution is -0.130. The highest BCUT2D eigenvalue weighted by Crippen LogP contribution is 2.39. The van der Waals surface area contributed by atoms with Crippen molar-refractivity contribution in [2.45, 2.75) is 84.2 Å². The molecule has 1 aliphatic heterocycles. The highest BCUT2D eigenvalue weighted by Gasteiger charge is 2.53. The minimum Gasteiger partial charge on any atom is -0.444 e. The summed E-state index contributed by atoms with van der Waals surface area (Å²) in [6, 6.07) is 0.663. The summed E-state index contributed by atoms with van der Waals surface area (Å²) in [7, 11) is 0. The molecule has 0 aromatic rings. The number of rotatable bonds is 4. The van der Waals surface area contributed by atoms with Crippen molar-refractivity contribution in [1.82, 2.24) is 10.6 Å². The lowest BCUT2D eigenvalue weighted by atomic mass is 9.68. The van der Waals surface area contributed by atoms with Crippen molar-refractivity contribution in [2.24, 2.45) is 11.8 Å². The van der Waals surface area contributed by atoms with E-state index >= 15 is 0 Å². The van der Waals surface area contributed by atoms with Crippen molar-refractivity contribution < 1.29 is 14.3 Å². The van der Waals surface area contributed by atoms with Crippen LogP contribution in [0.25, 0.3) is 0 Å². The van der Waals surface area contributed by atoms with Gasteiger partial charge in [0.1, 0.15) is 5.60 Å². The zero-order valence-corrected chi connectivity index (χ0v) is 14.8. The molecule has 0 aromatic carbocycles. The molecule has 5 atom stereocenters. The maximum Gasteiger partial charge on any atom is 0.407 e. The minimum atomic E-state index is -0.468. The number of hydrogen-bond acceptors (Lipinski definition) is 4. The lowest BCUT2D eigenvalue weighted by Crippen LogP contribution is -2.74. The fourth-order valence-corrected chi connectivity index (χ4v) is 3.24. The Labute approximate surface area is 134 Å². The summed E-state index contributed by atoms with van der Waals surface area (Å²) in [6.45, 7) is 13.1. The first-order chi connectivity index (χ1) is 10.2. The van der Waals surface area contributed by atoms with Gasteiger partial charge in [-0.25, -0.2) is 4.79 Å². The van der Waals surface area contributed by atoms with Crippen LogP contribution in [-0.4, -0.2) is 42.5 Å². The van der Waals surface area contributed by atoms with Crippen molar-refractivity contribution in [1.29, 1.82) is 0 Å². The van der Waals surface area contributed by atoms with E-state index in [1.807, 2.05) is 20.8 Å². The number of nitrogens with one attached hydrogen (secondary N) is 2. The maximum atomic E-state index is 12.1. The van der Waals surface area contributed by atoms with E-state index in [4.69, 9.17) is 9.47 Å². The van der Waals surface area contributed by atoms with Crippen molar-refractivity contribution in [3.8, 4) is 0 Å². The number of fused-ring (bicyclic) bond motifs is 1. The number of carbonyl (C=O) groups is 1. The van der Waals surface area contributed by atoms with Crippen LogP contribution in [0.5, 0.6) is 0 Å². The first-order valence-electron chi connectivity index (χ1n) is 8.56. The Balaban J connectivity index is 1.97. The summed E-state index contributed by atoms with van der Waals surface area (Å²) in [4.78, 5) is 12.1. The van der Waals surface area contributed by atoms with E-state index in [9.17, 15) is 4.79 Å². The van der Waals surface area contributed by atoms with E-state index < -0.39 is 5.60 Å². The molecule has 0 aromatic heterocycles. The predicted octanol–water partition coefficient (Wildman–Crippen LogP) is 2.69. The fraction of sp³-hybridized carbons (Fsp3) is 0.941. The molecular weight excluding hydrogens is 280 g/mol. The second kappa shape index (κ2) is 6.75. The summed E-state index contributed by atoms with van der Waals surface area (Å²) in [6.07, 6.45) is 2.07. The third-order valence-electron chi connectivity index (χ3n) is 4.75. The summed E-state index contributed by atoms with van der Waals surface area (Å²) < 4.78 is 11.3. The van der Waals surface area contributed by atoms with Crippen LogP contribution in [0.3, 0.4) is 0 Å². The second-order valence-corrected chi connectivity index (χ2v) is 8.04. The molecule has 2 aliphatic rings. The molecule has 5 nitrogen and oxygen atoms in total. The van der Waals surface area contributed by atoms with Crippen LogP contribution in [0.1, 0.15) is 54.4 Å². The van der Waals surface area contributed by atoms with Gasteiger partial charge in [-0.1, -0.05) is 13.8 Å². The standard InChI is InChI=1S/C17H32N2O3/c1-10(2)11(3)18-14-13(12-8-7-9-21-15(12)14)19-16(20)22-17(4,5)6/h10-15,18H,7-9H2,1-6H3,(H,19,20). The SMILES string of the molecule is CC(C)C(C)NC1C(NC(=O)OC(C)(C)C)C2CCCOC21. The van der Waals surface area contributed by atoms with E-state index in [0.717, 1.165) is 19.4 Å². The summed E-state index contributed by atoms with van der Waals surface area (Å²) in [5, 5.41) is 6.70. The Kier molecular flexibility index (Phi) is 5.38. The number of alkyl carbamates (subject to hydrolysis) is 1. The Morgan fingerprint density at radius 1 is 1.23 bits per heavy atom. The van der Waals surface area contributed by atoms with Crippen LogP contribution in [0.4, 0.5) is 4.79 Å². The van der Waals surface area contributed by atoms with Gasteiger partial charge in [0, 0.05) is 18.6 Å². The second-order valence-electron chi connectivity index (χ2n) is 8.04. The smallest absolute Gasteiger partial charge is 0.407 e. The van der Waals surface area contributed by atoms with Gasteiger partial charge in [-0.15, -0.1) is 0 Å². The van der Waals surface area contributed by atoms with Gasteiger partial charge in [0.05, 0.1) is 18.2 Å². The van der Waals surface area contributed by atoms with Crippen molar-refractivity contribution >= 4 is 6.09 Å². The van der Waals surface area contributed by atoms with E-state index in [1.54, 1.807) is 0 Å². The molecular formula is C17H32N2O3. The summed E-state index contributed by atoms with van der Waals surface area (Å²) in [5.41, 5.74) is -0.468. The molecule has 2 N–H and O–H groups in total. The number of hydrogen-bond donors (Lipinski definition) is 2. The molecule has 128 valence electrons. The number of ether oxygens (including phenoxy) is 2. The molecule has 1 amide bonds. The molecule has 5 unspecified atom stereocenters. The van der Waals surface area contributed by atoms with Gasteiger partial charge in [0.25, 0.3) is 0 Å². The zero-order chi connectivity index (χ0) is 16.5. The Morgan fingerprint density at radius 2 is 1.91 bits per heavy atom. The van der Waals surface area contributed by atoms with Gasteiger partial charge in [0.15, 0.2) is 0 Å². The molecule has 0 radical (unpaired) electrons. The normalized spacial score (nSPS) is 32.9. The number of amides is 1. The van der Waals surface area contributed by atoms with E-state index in [-0.39, 0.29) is 24.3 Å². The minimum absolute atomic E-state index is 0.0985. The highest BCUT2D eigenvalue weighted by atomic mass is 16.6. The van der Waals surface area contributed by atoms with Gasteiger partial charge in [-0.2, -0.15) is 0 Å². The van der Waals surface area contributed by atoms with Crippen LogP contribution >= 0.6 is 0 Å². The summed E-state index contributed by atoms with van der Waals surface area (Å²) >= 11 is 0. The molecule has 0 bridgehead atoms. The zero-order valence-electron chi connectivity index (χ0n) is 14.8. The van der Waals surface area contributed by atoms with Crippen LogP contribution in [0, 0.1) is 11.8 Å². The molecule has 2 fully saturated rings. The first kappa shape index (κ1) is 17.5. The predicted molar refractivity (Wildman–Crippen MR) is 86.8 cm³/mol. The van der Waals surface area contributed by atoms with Gasteiger partial charge in [-0.3, -0.25) is 0 Å². The molecule has 1 saturated heterocycles. The van der Waals surface area contributed by atoms with Crippen LogP contribution in [0.2, 0.25) is 0 Å². The van der Waals surface area contributed by atoms with Crippen molar-refractivity contribution in [2.75, 3.05) is 6.61 Å². The lowest BCUT2D eigenvalue weighted by Gasteiger charge is -2.55. The Hall–Kier alpha value is -0.810. The molecule has 22 heavy (non-hydrogen) atoms. The quantitative estimate of drug-likeness (QED) is 0.838. The molecule has 1 heterocycles. The molecule has 5 heteroatoms. The topological polar surface area (TPSA) is 59.6 Å². The van der Waals surface area contributed by atoms with Gasteiger partial charge < -0.3 is 20.1 Å².